The lowest BCUT2D eigenvalue weighted by Gasteiger charge is -2.07. The van der Waals surface area contributed by atoms with Gasteiger partial charge in [0.05, 0.1) is 0 Å². The van der Waals surface area contributed by atoms with Crippen molar-refractivity contribution < 1.29 is 0 Å². The Kier molecular flexibility index (Phi) is 2.61. The maximum atomic E-state index is 2.30. The van der Waals surface area contributed by atoms with Crippen LogP contribution >= 0.6 is 11.3 Å². The summed E-state index contributed by atoms with van der Waals surface area (Å²) in [7, 11) is 0. The van der Waals surface area contributed by atoms with Crippen molar-refractivity contribution >= 4 is 32.2 Å². The van der Waals surface area contributed by atoms with Gasteiger partial charge in [-0.25, -0.2) is 0 Å². The van der Waals surface area contributed by atoms with E-state index in [-0.39, 0.29) is 0 Å². The van der Waals surface area contributed by atoms with Crippen LogP contribution in [0, 0.1) is 6.92 Å². The third-order valence-electron chi connectivity index (χ3n) is 3.83. The molecule has 1 aromatic heterocycles. The summed E-state index contributed by atoms with van der Waals surface area (Å²) in [5.41, 5.74) is 2.68. The van der Waals surface area contributed by atoms with Gasteiger partial charge in [-0.05, 0) is 46.3 Å². The Bertz CT molecular complexity index is 882. The summed E-state index contributed by atoms with van der Waals surface area (Å²) < 4.78 is 1.35. The first-order valence-corrected chi connectivity index (χ1v) is 7.62. The molecule has 0 nitrogen and oxygen atoms in total. The van der Waals surface area contributed by atoms with Gasteiger partial charge in [-0.15, -0.1) is 11.3 Å². The quantitative estimate of drug-likeness (QED) is 0.397. The molecule has 0 saturated carbocycles. The van der Waals surface area contributed by atoms with Crippen LogP contribution in [0.1, 0.15) is 5.56 Å². The molecule has 1 heterocycles. The van der Waals surface area contributed by atoms with Crippen molar-refractivity contribution in [1.82, 2.24) is 0 Å². The second-order valence-corrected chi connectivity index (χ2v) is 6.21. The van der Waals surface area contributed by atoms with Crippen molar-refractivity contribution in [3.63, 3.8) is 0 Å². The highest BCUT2D eigenvalue weighted by Crippen LogP contribution is 2.37. The van der Waals surface area contributed by atoms with Crippen LogP contribution < -0.4 is 0 Å². The van der Waals surface area contributed by atoms with Gasteiger partial charge < -0.3 is 0 Å². The Morgan fingerprint density at radius 3 is 2.35 bits per heavy atom. The standard InChI is InChI=1S/C19H14S/c1-13-10-11-17(16-8-4-3-7-15(13)16)19-12-14-6-2-5-9-18(14)20-19/h2-12H,1H3. The van der Waals surface area contributed by atoms with Crippen LogP contribution in [-0.2, 0) is 0 Å². The van der Waals surface area contributed by atoms with Crippen LogP contribution in [0.4, 0.5) is 0 Å². The molecule has 3 aromatic carbocycles. The van der Waals surface area contributed by atoms with Crippen molar-refractivity contribution in [2.75, 3.05) is 0 Å². The number of rotatable bonds is 1. The van der Waals surface area contributed by atoms with E-state index >= 15 is 0 Å². The average Bonchev–Trinajstić information content (AvgIpc) is 2.91. The molecule has 4 rings (SSSR count). The number of hydrogen-bond donors (Lipinski definition) is 0. The minimum Gasteiger partial charge on any atom is -0.135 e. The van der Waals surface area contributed by atoms with Crippen molar-refractivity contribution in [2.45, 2.75) is 6.92 Å². The summed E-state index contributed by atoms with van der Waals surface area (Å²) >= 11 is 1.87. The molecule has 0 spiro atoms. The van der Waals surface area contributed by atoms with Gasteiger partial charge in [0.15, 0.2) is 0 Å². The molecule has 0 radical (unpaired) electrons. The van der Waals surface area contributed by atoms with Crippen LogP contribution in [-0.4, -0.2) is 0 Å². The molecule has 0 fully saturated rings. The summed E-state index contributed by atoms with van der Waals surface area (Å²) in [4.78, 5) is 1.35. The van der Waals surface area contributed by atoms with Gasteiger partial charge in [0.2, 0.25) is 0 Å². The monoisotopic (exact) mass is 274 g/mol. The zero-order valence-corrected chi connectivity index (χ0v) is 12.1. The highest BCUT2D eigenvalue weighted by Gasteiger charge is 2.08. The zero-order chi connectivity index (χ0) is 13.5. The number of aryl methyl sites for hydroxylation is 1. The van der Waals surface area contributed by atoms with Crippen molar-refractivity contribution in [3.05, 3.63) is 72.3 Å². The van der Waals surface area contributed by atoms with Crippen LogP contribution in [0.25, 0.3) is 31.3 Å². The molecule has 0 N–H and O–H groups in total. The predicted molar refractivity (Wildman–Crippen MR) is 89.5 cm³/mol. The fourth-order valence-corrected chi connectivity index (χ4v) is 3.88. The molecule has 4 aromatic rings. The van der Waals surface area contributed by atoms with Crippen molar-refractivity contribution in [3.8, 4) is 10.4 Å². The van der Waals surface area contributed by atoms with Crippen LogP contribution in [0.15, 0.2) is 66.7 Å². The first-order valence-electron chi connectivity index (χ1n) is 6.80. The number of hydrogen-bond acceptors (Lipinski definition) is 1. The van der Waals surface area contributed by atoms with E-state index in [4.69, 9.17) is 0 Å². The molecule has 1 heteroatoms. The van der Waals surface area contributed by atoms with Crippen molar-refractivity contribution in [1.29, 1.82) is 0 Å². The Morgan fingerprint density at radius 2 is 1.50 bits per heavy atom. The fraction of sp³-hybridized carbons (Fsp3) is 0.0526. The van der Waals surface area contributed by atoms with E-state index in [1.807, 2.05) is 11.3 Å². The maximum absolute atomic E-state index is 2.30. The first-order chi connectivity index (χ1) is 9.83. The van der Waals surface area contributed by atoms with Crippen LogP contribution in [0.3, 0.4) is 0 Å². The lowest BCUT2D eigenvalue weighted by Crippen LogP contribution is -1.81. The van der Waals surface area contributed by atoms with Gasteiger partial charge in [0, 0.05) is 9.58 Å². The number of fused-ring (bicyclic) bond motifs is 2. The van der Waals surface area contributed by atoms with Gasteiger partial charge >= 0.3 is 0 Å². The molecule has 0 aliphatic heterocycles. The SMILES string of the molecule is Cc1ccc(-c2cc3ccccc3s2)c2ccccc12. The number of thiophene rings is 1. The average molecular weight is 274 g/mol. The molecule has 0 atom stereocenters. The maximum Gasteiger partial charge on any atom is 0.0361 e. The third kappa shape index (κ3) is 1.75. The van der Waals surface area contributed by atoms with E-state index in [0.717, 1.165) is 0 Å². The van der Waals surface area contributed by atoms with Crippen LogP contribution in [0.2, 0.25) is 0 Å². The van der Waals surface area contributed by atoms with Gasteiger partial charge in [-0.2, -0.15) is 0 Å². The first kappa shape index (κ1) is 11.7. The molecule has 0 saturated heterocycles. The molecule has 0 bridgehead atoms. The third-order valence-corrected chi connectivity index (χ3v) is 4.98. The minimum absolute atomic E-state index is 1.33. The Balaban J connectivity index is 2.04. The van der Waals surface area contributed by atoms with E-state index in [1.165, 1.54) is 36.9 Å². The molecule has 0 amide bonds. The van der Waals surface area contributed by atoms with Gasteiger partial charge in [-0.3, -0.25) is 0 Å². The van der Waals surface area contributed by atoms with E-state index in [9.17, 15) is 0 Å². The summed E-state index contributed by atoms with van der Waals surface area (Å²) in [5.74, 6) is 0. The second kappa shape index (κ2) is 4.46. The normalized spacial score (nSPS) is 11.2. The Labute approximate surface area is 122 Å². The van der Waals surface area contributed by atoms with E-state index < -0.39 is 0 Å². The van der Waals surface area contributed by atoms with E-state index in [1.54, 1.807) is 0 Å². The van der Waals surface area contributed by atoms with Gasteiger partial charge in [0.1, 0.15) is 0 Å². The Morgan fingerprint density at radius 1 is 0.750 bits per heavy atom. The smallest absolute Gasteiger partial charge is 0.0361 e. The summed E-state index contributed by atoms with van der Waals surface area (Å²) in [5, 5.41) is 4.03. The highest BCUT2D eigenvalue weighted by molar-refractivity contribution is 7.22. The topological polar surface area (TPSA) is 0 Å². The lowest BCUT2D eigenvalue weighted by atomic mass is 9.99. The summed E-state index contributed by atoms with van der Waals surface area (Å²) in [6, 6.07) is 24.0. The largest absolute Gasteiger partial charge is 0.135 e. The molecule has 0 aliphatic carbocycles. The van der Waals surface area contributed by atoms with E-state index in [2.05, 4.69) is 73.7 Å². The lowest BCUT2D eigenvalue weighted by molar-refractivity contribution is 1.53. The molecule has 20 heavy (non-hydrogen) atoms. The molecule has 96 valence electrons. The predicted octanol–water partition coefficient (Wildman–Crippen LogP) is 6.03. The molecular formula is C19H14S. The molecule has 0 unspecified atom stereocenters. The van der Waals surface area contributed by atoms with Gasteiger partial charge in [0.25, 0.3) is 0 Å². The minimum atomic E-state index is 1.33. The summed E-state index contributed by atoms with van der Waals surface area (Å²) in [6.45, 7) is 2.18. The van der Waals surface area contributed by atoms with Gasteiger partial charge in [-0.1, -0.05) is 54.6 Å². The summed E-state index contributed by atoms with van der Waals surface area (Å²) in [6.07, 6.45) is 0. The molecule has 0 aliphatic rings. The van der Waals surface area contributed by atoms with E-state index in [0.29, 0.717) is 0 Å². The highest BCUT2D eigenvalue weighted by atomic mass is 32.1. The number of benzene rings is 3. The van der Waals surface area contributed by atoms with Crippen LogP contribution in [0.5, 0.6) is 0 Å². The van der Waals surface area contributed by atoms with Crippen molar-refractivity contribution in [2.24, 2.45) is 0 Å². The second-order valence-electron chi connectivity index (χ2n) is 5.12. The zero-order valence-electron chi connectivity index (χ0n) is 11.3. The molecular weight excluding hydrogens is 260 g/mol. The fourth-order valence-electron chi connectivity index (χ4n) is 2.78. The Hall–Kier alpha value is -2.12.